The molecule has 0 unspecified atom stereocenters. The summed E-state index contributed by atoms with van der Waals surface area (Å²) in [5, 5.41) is 12.7. The second kappa shape index (κ2) is 9.84. The Labute approximate surface area is 180 Å². The molecule has 3 aromatic rings. The molecule has 7 heteroatoms. The molecule has 2 heterocycles. The number of rotatable bonds is 10. The molecule has 0 spiro atoms. The summed E-state index contributed by atoms with van der Waals surface area (Å²) < 4.78 is 21.8. The Hall–Kier alpha value is -2.74. The van der Waals surface area contributed by atoms with Gasteiger partial charge in [0.25, 0.3) is 0 Å². The van der Waals surface area contributed by atoms with E-state index in [1.807, 2.05) is 48.5 Å². The van der Waals surface area contributed by atoms with Gasteiger partial charge >= 0.3 is 0 Å². The van der Waals surface area contributed by atoms with E-state index in [2.05, 4.69) is 16.3 Å². The van der Waals surface area contributed by atoms with Gasteiger partial charge in [0, 0.05) is 24.5 Å². The lowest BCUT2D eigenvalue weighted by Gasteiger charge is -2.25. The van der Waals surface area contributed by atoms with E-state index < -0.39 is 6.10 Å². The molecule has 158 valence electrons. The van der Waals surface area contributed by atoms with Crippen LogP contribution in [-0.4, -0.2) is 43.2 Å². The Kier molecular flexibility index (Phi) is 6.74. The zero-order chi connectivity index (χ0) is 20.8. The second-order valence-corrected chi connectivity index (χ2v) is 8.11. The van der Waals surface area contributed by atoms with E-state index in [0.717, 1.165) is 29.4 Å². The molecule has 1 aliphatic rings. The third kappa shape index (κ3) is 5.44. The van der Waals surface area contributed by atoms with Crippen LogP contribution in [0.1, 0.15) is 10.4 Å². The third-order valence-corrected chi connectivity index (χ3v) is 5.63. The first-order valence-corrected chi connectivity index (χ1v) is 10.7. The van der Waals surface area contributed by atoms with Gasteiger partial charge in [0.2, 0.25) is 6.79 Å². The van der Waals surface area contributed by atoms with Crippen LogP contribution in [0.3, 0.4) is 0 Å². The van der Waals surface area contributed by atoms with E-state index in [9.17, 15) is 5.11 Å². The molecule has 6 nitrogen and oxygen atoms in total. The summed E-state index contributed by atoms with van der Waals surface area (Å²) in [7, 11) is 1.63. The maximum absolute atomic E-state index is 10.6. The number of fused-ring (bicyclic) bond motifs is 1. The molecule has 0 bridgehead atoms. The first-order chi connectivity index (χ1) is 14.7. The Morgan fingerprint density at radius 1 is 1.03 bits per heavy atom. The molecule has 4 rings (SSSR count). The summed E-state index contributed by atoms with van der Waals surface area (Å²) in [6, 6.07) is 17.5. The van der Waals surface area contributed by atoms with E-state index >= 15 is 0 Å². The van der Waals surface area contributed by atoms with Crippen LogP contribution in [0.2, 0.25) is 0 Å². The number of hydrogen-bond acceptors (Lipinski definition) is 7. The zero-order valence-electron chi connectivity index (χ0n) is 16.8. The molecular formula is C23H25NO5S. The largest absolute Gasteiger partial charge is 0.497 e. The molecule has 0 aliphatic carbocycles. The second-order valence-electron chi connectivity index (χ2n) is 7.08. The lowest BCUT2D eigenvalue weighted by Crippen LogP contribution is -2.34. The van der Waals surface area contributed by atoms with Crippen molar-refractivity contribution >= 4 is 11.3 Å². The van der Waals surface area contributed by atoms with Crippen LogP contribution in [0.4, 0.5) is 0 Å². The fraction of sp³-hybridized carbons (Fsp3) is 0.304. The molecular weight excluding hydrogens is 402 g/mol. The van der Waals surface area contributed by atoms with Crippen LogP contribution in [-0.2, 0) is 13.1 Å². The molecule has 30 heavy (non-hydrogen) atoms. The maximum atomic E-state index is 10.6. The van der Waals surface area contributed by atoms with E-state index in [0.29, 0.717) is 18.8 Å². The van der Waals surface area contributed by atoms with E-state index in [4.69, 9.17) is 18.9 Å². The number of thiophene rings is 1. The topological polar surface area (TPSA) is 60.4 Å². The van der Waals surface area contributed by atoms with Crippen molar-refractivity contribution in [2.45, 2.75) is 19.2 Å². The summed E-state index contributed by atoms with van der Waals surface area (Å²) in [6.07, 6.45) is -0.624. The summed E-state index contributed by atoms with van der Waals surface area (Å²) in [6.45, 7) is 2.41. The summed E-state index contributed by atoms with van der Waals surface area (Å²) in [5.41, 5.74) is 1.11. The minimum Gasteiger partial charge on any atom is -0.497 e. The molecule has 1 aromatic heterocycles. The Morgan fingerprint density at radius 2 is 1.83 bits per heavy atom. The third-order valence-electron chi connectivity index (χ3n) is 4.77. The Balaban J connectivity index is 1.37. The van der Waals surface area contributed by atoms with Crippen LogP contribution in [0, 0.1) is 0 Å². The predicted molar refractivity (Wildman–Crippen MR) is 115 cm³/mol. The molecule has 1 aliphatic heterocycles. The monoisotopic (exact) mass is 427 g/mol. The highest BCUT2D eigenvalue weighted by atomic mass is 32.1. The first kappa shape index (κ1) is 20.5. The van der Waals surface area contributed by atoms with E-state index in [-0.39, 0.29) is 13.4 Å². The van der Waals surface area contributed by atoms with Gasteiger partial charge in [-0.25, -0.2) is 0 Å². The molecule has 0 saturated heterocycles. The molecule has 1 N–H and O–H groups in total. The van der Waals surface area contributed by atoms with Crippen molar-refractivity contribution in [3.63, 3.8) is 0 Å². The van der Waals surface area contributed by atoms with Crippen molar-refractivity contribution in [1.82, 2.24) is 4.90 Å². The Bertz CT molecular complexity index is 929. The highest BCUT2D eigenvalue weighted by Crippen LogP contribution is 2.33. The van der Waals surface area contributed by atoms with Crippen molar-refractivity contribution in [3.8, 4) is 23.0 Å². The number of nitrogens with zero attached hydrogens (tertiary/aromatic N) is 1. The van der Waals surface area contributed by atoms with Gasteiger partial charge in [-0.3, -0.25) is 4.90 Å². The van der Waals surface area contributed by atoms with Gasteiger partial charge < -0.3 is 24.1 Å². The van der Waals surface area contributed by atoms with Crippen LogP contribution in [0.15, 0.2) is 60.0 Å². The number of ether oxygens (including phenoxy) is 4. The zero-order valence-corrected chi connectivity index (χ0v) is 17.6. The minimum absolute atomic E-state index is 0.217. The van der Waals surface area contributed by atoms with Crippen molar-refractivity contribution in [1.29, 1.82) is 0 Å². The van der Waals surface area contributed by atoms with Crippen molar-refractivity contribution in [2.24, 2.45) is 0 Å². The molecule has 0 radical (unpaired) electrons. The van der Waals surface area contributed by atoms with E-state index in [1.165, 1.54) is 4.88 Å². The van der Waals surface area contributed by atoms with Gasteiger partial charge in [-0.2, -0.15) is 0 Å². The van der Waals surface area contributed by atoms with Gasteiger partial charge in [-0.15, -0.1) is 11.3 Å². The number of benzene rings is 2. The SMILES string of the molecule is COc1ccc(OC[C@@H](O)CN(Cc2ccc3c(c2)OCO3)Cc2cccs2)cc1. The highest BCUT2D eigenvalue weighted by Gasteiger charge is 2.17. The molecule has 1 atom stereocenters. The van der Waals surface area contributed by atoms with Gasteiger partial charge in [-0.05, 0) is 53.4 Å². The van der Waals surface area contributed by atoms with Gasteiger partial charge in [0.05, 0.1) is 7.11 Å². The number of aliphatic hydroxyl groups is 1. The Morgan fingerprint density at radius 3 is 2.60 bits per heavy atom. The van der Waals surface area contributed by atoms with Crippen LogP contribution in [0.5, 0.6) is 23.0 Å². The summed E-state index contributed by atoms with van der Waals surface area (Å²) in [5.74, 6) is 3.02. The molecule has 0 amide bonds. The van der Waals surface area contributed by atoms with Crippen molar-refractivity contribution in [2.75, 3.05) is 27.1 Å². The van der Waals surface area contributed by atoms with Crippen LogP contribution >= 0.6 is 11.3 Å². The molecule has 0 fully saturated rings. The summed E-state index contributed by atoms with van der Waals surface area (Å²) >= 11 is 1.71. The lowest BCUT2D eigenvalue weighted by molar-refractivity contribution is 0.0632. The molecule has 0 saturated carbocycles. The van der Waals surface area contributed by atoms with Gasteiger partial charge in [0.15, 0.2) is 11.5 Å². The average molecular weight is 428 g/mol. The molecule has 2 aromatic carbocycles. The quantitative estimate of drug-likeness (QED) is 0.529. The van der Waals surface area contributed by atoms with Crippen molar-refractivity contribution in [3.05, 3.63) is 70.4 Å². The first-order valence-electron chi connectivity index (χ1n) is 9.78. The maximum Gasteiger partial charge on any atom is 0.231 e. The van der Waals surface area contributed by atoms with Gasteiger partial charge in [-0.1, -0.05) is 12.1 Å². The van der Waals surface area contributed by atoms with Crippen molar-refractivity contribution < 1.29 is 24.1 Å². The van der Waals surface area contributed by atoms with Gasteiger partial charge in [0.1, 0.15) is 24.2 Å². The fourth-order valence-corrected chi connectivity index (χ4v) is 4.07. The number of hydrogen-bond donors (Lipinski definition) is 1. The van der Waals surface area contributed by atoms with Crippen LogP contribution < -0.4 is 18.9 Å². The fourth-order valence-electron chi connectivity index (χ4n) is 3.32. The van der Waals surface area contributed by atoms with E-state index in [1.54, 1.807) is 18.4 Å². The minimum atomic E-state index is -0.624. The average Bonchev–Trinajstić information content (AvgIpc) is 3.44. The smallest absolute Gasteiger partial charge is 0.231 e. The predicted octanol–water partition coefficient (Wildman–Crippen LogP) is 3.93. The lowest BCUT2D eigenvalue weighted by atomic mass is 10.1. The summed E-state index contributed by atoms with van der Waals surface area (Å²) in [4.78, 5) is 3.46. The van der Waals surface area contributed by atoms with Crippen LogP contribution in [0.25, 0.3) is 0 Å². The highest BCUT2D eigenvalue weighted by molar-refractivity contribution is 7.09. The standard InChI is InChI=1S/C23H25NO5S/c1-26-19-5-7-20(8-6-19)27-15-18(25)13-24(14-21-3-2-10-30-21)12-17-4-9-22-23(11-17)29-16-28-22/h2-11,18,25H,12-16H2,1H3/t18-/m0/s1. The normalized spacial score (nSPS) is 13.4. The number of aliphatic hydroxyl groups excluding tert-OH is 1. The number of methoxy groups -OCH3 is 1.